The molecule has 0 atom stereocenters. The molecule has 0 unspecified atom stereocenters. The van der Waals surface area contributed by atoms with Gasteiger partial charge in [0.05, 0.1) is 11.4 Å². The number of imidazole rings is 1. The first-order valence-corrected chi connectivity index (χ1v) is 11.0. The lowest BCUT2D eigenvalue weighted by molar-refractivity contribution is 0.291. The second kappa shape index (κ2) is 9.79. The molecule has 6 nitrogen and oxygen atoms in total. The smallest absolute Gasteiger partial charge is 0.337 e. The first kappa shape index (κ1) is 22.4. The van der Waals surface area contributed by atoms with Crippen LogP contribution in [0, 0.1) is 0 Å². The number of para-hydroxylation sites is 1. The predicted octanol–water partition coefficient (Wildman–Crippen LogP) is 5.19. The van der Waals surface area contributed by atoms with Crippen LogP contribution in [-0.2, 0) is 0 Å². The predicted molar refractivity (Wildman–Crippen MR) is 131 cm³/mol. The molecule has 0 aliphatic heterocycles. The van der Waals surface area contributed by atoms with Gasteiger partial charge in [0.15, 0.2) is 0 Å². The standard InChI is InChI=1S/C27H29N3O3/c1-27(2,3)28-17-20-32-23-13-9-21(10-14-23)29-18-19-30(26(29)31)22-11-15-25(16-12-22)33-24-7-5-4-6-8-24/h4-16,18-19,28H,17,20H2,1-3H3. The van der Waals surface area contributed by atoms with Crippen molar-refractivity contribution in [2.24, 2.45) is 0 Å². The topological polar surface area (TPSA) is 57.4 Å². The number of ether oxygens (including phenoxy) is 2. The second-order valence-electron chi connectivity index (χ2n) is 8.75. The number of nitrogens with zero attached hydrogens (tertiary/aromatic N) is 2. The number of nitrogens with one attached hydrogen (secondary N) is 1. The van der Waals surface area contributed by atoms with Crippen LogP contribution in [0.1, 0.15) is 20.8 Å². The van der Waals surface area contributed by atoms with Gasteiger partial charge in [-0.05, 0) is 81.4 Å². The molecule has 4 aromatic rings. The van der Waals surface area contributed by atoms with Crippen LogP contribution < -0.4 is 20.5 Å². The molecular weight excluding hydrogens is 414 g/mol. The lowest BCUT2D eigenvalue weighted by Gasteiger charge is -2.20. The van der Waals surface area contributed by atoms with E-state index in [2.05, 4.69) is 26.1 Å². The largest absolute Gasteiger partial charge is 0.492 e. The molecule has 0 fully saturated rings. The van der Waals surface area contributed by atoms with Crippen molar-refractivity contribution >= 4 is 0 Å². The van der Waals surface area contributed by atoms with E-state index in [1.807, 2.05) is 78.9 Å². The zero-order chi connectivity index (χ0) is 23.3. The zero-order valence-corrected chi connectivity index (χ0v) is 19.2. The molecule has 0 aliphatic rings. The zero-order valence-electron chi connectivity index (χ0n) is 19.2. The SMILES string of the molecule is CC(C)(C)NCCOc1ccc(-n2ccn(-c3ccc(Oc4ccccc4)cc3)c2=O)cc1. The van der Waals surface area contributed by atoms with Gasteiger partial charge < -0.3 is 14.8 Å². The highest BCUT2D eigenvalue weighted by atomic mass is 16.5. The summed E-state index contributed by atoms with van der Waals surface area (Å²) in [7, 11) is 0. The minimum absolute atomic E-state index is 0.0663. The summed E-state index contributed by atoms with van der Waals surface area (Å²) in [4.78, 5) is 13.0. The summed E-state index contributed by atoms with van der Waals surface area (Å²) >= 11 is 0. The van der Waals surface area contributed by atoms with Crippen molar-refractivity contribution in [2.45, 2.75) is 26.3 Å². The van der Waals surface area contributed by atoms with E-state index in [0.29, 0.717) is 12.4 Å². The maximum Gasteiger partial charge on any atom is 0.337 e. The number of rotatable bonds is 8. The molecule has 1 aromatic heterocycles. The second-order valence-corrected chi connectivity index (χ2v) is 8.75. The molecule has 33 heavy (non-hydrogen) atoms. The Morgan fingerprint density at radius 3 is 1.79 bits per heavy atom. The molecule has 0 amide bonds. The Morgan fingerprint density at radius 2 is 1.24 bits per heavy atom. The maximum atomic E-state index is 13.0. The third-order valence-corrected chi connectivity index (χ3v) is 5.01. The van der Waals surface area contributed by atoms with Crippen molar-refractivity contribution in [2.75, 3.05) is 13.2 Å². The van der Waals surface area contributed by atoms with Gasteiger partial charge in [-0.15, -0.1) is 0 Å². The van der Waals surface area contributed by atoms with Crippen LogP contribution in [0.4, 0.5) is 0 Å². The van der Waals surface area contributed by atoms with E-state index in [-0.39, 0.29) is 11.2 Å². The highest BCUT2D eigenvalue weighted by Gasteiger charge is 2.09. The minimum Gasteiger partial charge on any atom is -0.492 e. The Balaban J connectivity index is 1.42. The van der Waals surface area contributed by atoms with Crippen LogP contribution >= 0.6 is 0 Å². The highest BCUT2D eigenvalue weighted by molar-refractivity contribution is 5.41. The molecule has 6 heteroatoms. The minimum atomic E-state index is -0.144. The summed E-state index contributed by atoms with van der Waals surface area (Å²) in [6.07, 6.45) is 3.53. The van der Waals surface area contributed by atoms with Crippen LogP contribution in [0.5, 0.6) is 17.2 Å². The summed E-state index contributed by atoms with van der Waals surface area (Å²) in [6.45, 7) is 7.72. The monoisotopic (exact) mass is 443 g/mol. The number of aromatic nitrogens is 2. The van der Waals surface area contributed by atoms with Crippen LogP contribution in [0.15, 0.2) is 96.1 Å². The van der Waals surface area contributed by atoms with E-state index in [1.54, 1.807) is 21.5 Å². The first-order valence-electron chi connectivity index (χ1n) is 11.0. The van der Waals surface area contributed by atoms with Crippen molar-refractivity contribution in [3.63, 3.8) is 0 Å². The van der Waals surface area contributed by atoms with Crippen molar-refractivity contribution in [1.82, 2.24) is 14.5 Å². The van der Waals surface area contributed by atoms with Gasteiger partial charge in [0.2, 0.25) is 0 Å². The highest BCUT2D eigenvalue weighted by Crippen LogP contribution is 2.22. The van der Waals surface area contributed by atoms with E-state index in [1.165, 1.54) is 0 Å². The fourth-order valence-corrected chi connectivity index (χ4v) is 3.37. The normalized spacial score (nSPS) is 11.4. The number of hydrogen-bond acceptors (Lipinski definition) is 4. The van der Waals surface area contributed by atoms with Crippen molar-refractivity contribution in [3.05, 3.63) is 102 Å². The van der Waals surface area contributed by atoms with E-state index in [4.69, 9.17) is 9.47 Å². The van der Waals surface area contributed by atoms with Crippen LogP contribution in [0.3, 0.4) is 0 Å². The fourth-order valence-electron chi connectivity index (χ4n) is 3.37. The average molecular weight is 444 g/mol. The van der Waals surface area contributed by atoms with Gasteiger partial charge in [0.25, 0.3) is 0 Å². The first-order chi connectivity index (χ1) is 15.9. The lowest BCUT2D eigenvalue weighted by atomic mass is 10.1. The Kier molecular flexibility index (Phi) is 6.66. The van der Waals surface area contributed by atoms with Gasteiger partial charge in [-0.2, -0.15) is 0 Å². The number of hydrogen-bond donors (Lipinski definition) is 1. The molecule has 1 heterocycles. The summed E-state index contributed by atoms with van der Waals surface area (Å²) in [6, 6.07) is 24.6. The van der Waals surface area contributed by atoms with Crippen molar-refractivity contribution in [3.8, 4) is 28.6 Å². The summed E-state index contributed by atoms with van der Waals surface area (Å²) < 4.78 is 14.8. The molecule has 170 valence electrons. The van der Waals surface area contributed by atoms with E-state index in [9.17, 15) is 4.79 Å². The van der Waals surface area contributed by atoms with Gasteiger partial charge in [0.1, 0.15) is 23.9 Å². The van der Waals surface area contributed by atoms with Crippen molar-refractivity contribution in [1.29, 1.82) is 0 Å². The van der Waals surface area contributed by atoms with Crippen LogP contribution in [-0.4, -0.2) is 27.8 Å². The molecule has 0 saturated heterocycles. The van der Waals surface area contributed by atoms with E-state index in [0.717, 1.165) is 29.4 Å². The quantitative estimate of drug-likeness (QED) is 0.381. The number of benzene rings is 3. The van der Waals surface area contributed by atoms with Gasteiger partial charge in [-0.1, -0.05) is 18.2 Å². The average Bonchev–Trinajstić information content (AvgIpc) is 3.19. The Labute approximate surface area is 194 Å². The third-order valence-electron chi connectivity index (χ3n) is 5.01. The summed E-state index contributed by atoms with van der Waals surface area (Å²) in [5, 5.41) is 3.39. The van der Waals surface area contributed by atoms with Gasteiger partial charge in [-0.3, -0.25) is 9.13 Å². The summed E-state index contributed by atoms with van der Waals surface area (Å²) in [5.41, 5.74) is 1.47. The van der Waals surface area contributed by atoms with Crippen molar-refractivity contribution < 1.29 is 9.47 Å². The Hall–Kier alpha value is -3.77. The van der Waals surface area contributed by atoms with Crippen LogP contribution in [0.25, 0.3) is 11.4 Å². The van der Waals surface area contributed by atoms with Gasteiger partial charge in [-0.25, -0.2) is 4.79 Å². The molecule has 0 spiro atoms. The molecule has 0 bridgehead atoms. The molecule has 0 aliphatic carbocycles. The van der Waals surface area contributed by atoms with Crippen LogP contribution in [0.2, 0.25) is 0 Å². The summed E-state index contributed by atoms with van der Waals surface area (Å²) in [5.74, 6) is 2.26. The van der Waals surface area contributed by atoms with E-state index >= 15 is 0 Å². The molecule has 1 N–H and O–H groups in total. The third kappa shape index (κ3) is 5.93. The molecule has 0 radical (unpaired) electrons. The molecule has 0 saturated carbocycles. The van der Waals surface area contributed by atoms with E-state index < -0.39 is 0 Å². The molecular formula is C27H29N3O3. The molecule has 3 aromatic carbocycles. The maximum absolute atomic E-state index is 13.0. The molecule has 4 rings (SSSR count). The van der Waals surface area contributed by atoms with Gasteiger partial charge >= 0.3 is 5.69 Å². The lowest BCUT2D eigenvalue weighted by Crippen LogP contribution is -2.38. The van der Waals surface area contributed by atoms with Gasteiger partial charge in [0, 0.05) is 24.5 Å². The fraction of sp³-hybridized carbons (Fsp3) is 0.222. The Morgan fingerprint density at radius 1 is 0.727 bits per heavy atom. The Bertz CT molecular complexity index is 1220.